The third-order valence-corrected chi connectivity index (χ3v) is 5.28. The average molecular weight is 492 g/mol. The van der Waals surface area contributed by atoms with Crippen molar-refractivity contribution < 1.29 is 19.4 Å². The number of carbonyl (C=O) groups is 2. The molecule has 0 aliphatic rings. The summed E-state index contributed by atoms with van der Waals surface area (Å²) in [6, 6.07) is 4.97. The highest BCUT2D eigenvalue weighted by Crippen LogP contribution is 2.25. The Balaban J connectivity index is 1.69. The minimum atomic E-state index is -1.19. The summed E-state index contributed by atoms with van der Waals surface area (Å²) in [5, 5.41) is 15.1. The van der Waals surface area contributed by atoms with Crippen molar-refractivity contribution in [2.45, 2.75) is 25.8 Å². The second-order valence-corrected chi connectivity index (χ2v) is 7.90. The van der Waals surface area contributed by atoms with Gasteiger partial charge < -0.3 is 20.5 Å². The molecule has 3 N–H and O–H groups in total. The maximum atomic E-state index is 12.4. The highest BCUT2D eigenvalue weighted by molar-refractivity contribution is 6.39. The molecule has 0 saturated heterocycles. The Hall–Kier alpha value is -3.43. The number of ether oxygens (including phenoxy) is 1. The highest BCUT2D eigenvalue weighted by Gasteiger charge is 2.26. The van der Waals surface area contributed by atoms with Crippen LogP contribution in [0.2, 0.25) is 10.0 Å². The molecule has 0 unspecified atom stereocenters. The molecule has 3 rings (SSSR count). The maximum absolute atomic E-state index is 12.4. The summed E-state index contributed by atoms with van der Waals surface area (Å²) in [6.07, 6.45) is 3.28. The number of nitrogens with one attached hydrogen (secondary N) is 2. The van der Waals surface area contributed by atoms with Gasteiger partial charge in [-0.3, -0.25) is 14.6 Å². The lowest BCUT2D eigenvalue weighted by Crippen LogP contribution is -2.42. The van der Waals surface area contributed by atoms with Crippen molar-refractivity contribution in [3.8, 4) is 5.75 Å². The van der Waals surface area contributed by atoms with Crippen LogP contribution in [0.15, 0.2) is 46.2 Å². The molecule has 1 aromatic heterocycles. The van der Waals surface area contributed by atoms with E-state index in [0.29, 0.717) is 12.1 Å². The first-order valence-electron chi connectivity index (χ1n) is 9.89. The first-order valence-corrected chi connectivity index (χ1v) is 10.6. The fourth-order valence-electron chi connectivity index (χ4n) is 3.02. The molecule has 0 radical (unpaired) electrons. The molecule has 9 nitrogen and oxygen atoms in total. The number of pyridine rings is 1. The molecule has 1 heterocycles. The lowest BCUT2D eigenvalue weighted by molar-refractivity contribution is -0.137. The molecule has 0 aliphatic heterocycles. The van der Waals surface area contributed by atoms with E-state index in [1.54, 1.807) is 12.1 Å². The minimum absolute atomic E-state index is 0.0115. The van der Waals surface area contributed by atoms with Crippen LogP contribution in [0, 0.1) is 0 Å². The highest BCUT2D eigenvalue weighted by atomic mass is 35.5. The molecule has 0 amide bonds. The summed E-state index contributed by atoms with van der Waals surface area (Å²) >= 11 is 11.9. The topological polar surface area (TPSA) is 135 Å². The molecule has 0 saturated carbocycles. The Morgan fingerprint density at radius 3 is 2.24 bits per heavy atom. The molecule has 172 valence electrons. The van der Waals surface area contributed by atoms with Gasteiger partial charge in [-0.1, -0.05) is 42.3 Å². The second kappa shape index (κ2) is 10.5. The number of rotatable bonds is 10. The first-order chi connectivity index (χ1) is 15.7. The fourth-order valence-corrected chi connectivity index (χ4v) is 3.53. The predicted octanol–water partition coefficient (Wildman–Crippen LogP) is 3.13. The number of esters is 1. The smallest absolute Gasteiger partial charge is 0.346 e. The van der Waals surface area contributed by atoms with Gasteiger partial charge in [-0.25, -0.2) is 9.59 Å². The van der Waals surface area contributed by atoms with Crippen LogP contribution in [0.3, 0.4) is 0 Å². The van der Waals surface area contributed by atoms with Gasteiger partial charge in [-0.15, -0.1) is 0 Å². The van der Waals surface area contributed by atoms with Crippen LogP contribution >= 0.6 is 23.2 Å². The van der Waals surface area contributed by atoms with Crippen LogP contribution < -0.4 is 26.2 Å². The number of aliphatic carboxylic acids is 1. The Bertz CT molecular complexity index is 1230. The molecule has 2 aromatic carbocycles. The second-order valence-electron chi connectivity index (χ2n) is 7.09. The van der Waals surface area contributed by atoms with E-state index in [9.17, 15) is 24.3 Å². The number of carboxylic acids is 1. The molecule has 1 atom stereocenters. The number of halogens is 2. The zero-order valence-electron chi connectivity index (χ0n) is 17.4. The molecule has 0 fully saturated rings. The SMILES string of the molecule is CCCNc1c(N[C@@H](Cc2ccc(OC(=O)c3c(Cl)cncc3Cl)cc2)C(=O)O)c(=O)c1=O. The third-order valence-electron chi connectivity index (χ3n) is 4.71. The van der Waals surface area contributed by atoms with Crippen molar-refractivity contribution in [2.24, 2.45) is 0 Å². The van der Waals surface area contributed by atoms with E-state index in [1.165, 1.54) is 24.5 Å². The minimum Gasteiger partial charge on any atom is -0.480 e. The summed E-state index contributed by atoms with van der Waals surface area (Å²) in [5.41, 5.74) is -0.781. The largest absolute Gasteiger partial charge is 0.480 e. The molecule has 0 spiro atoms. The number of carboxylic acid groups (broad SMARTS) is 1. The average Bonchev–Trinajstić information content (AvgIpc) is 2.78. The summed E-state index contributed by atoms with van der Waals surface area (Å²) in [4.78, 5) is 51.5. The lowest BCUT2D eigenvalue weighted by atomic mass is 10.0. The number of anilines is 2. The summed E-state index contributed by atoms with van der Waals surface area (Å²) in [7, 11) is 0. The molecule has 33 heavy (non-hydrogen) atoms. The molecule has 0 aliphatic carbocycles. The lowest BCUT2D eigenvalue weighted by Gasteiger charge is -2.19. The van der Waals surface area contributed by atoms with E-state index in [-0.39, 0.29) is 39.2 Å². The van der Waals surface area contributed by atoms with Gasteiger partial charge in [0.1, 0.15) is 28.7 Å². The molecular weight excluding hydrogens is 473 g/mol. The zero-order chi connectivity index (χ0) is 24.1. The van der Waals surface area contributed by atoms with E-state index in [1.807, 2.05) is 6.92 Å². The molecular formula is C22H19Cl2N3O6. The number of hydrogen-bond donors (Lipinski definition) is 3. The van der Waals surface area contributed by atoms with E-state index < -0.39 is 28.8 Å². The van der Waals surface area contributed by atoms with E-state index >= 15 is 0 Å². The maximum Gasteiger partial charge on any atom is 0.346 e. The standard InChI is InChI=1S/C22H19Cl2N3O6/c1-2-7-26-17-18(20(29)19(17)28)27-15(21(30)31)8-11-3-5-12(6-4-11)33-22(32)16-13(23)9-25-10-14(16)24/h3-6,9-10,15,26-27H,2,7-8H2,1H3,(H,30,31)/t15-/m0/s1. The Morgan fingerprint density at radius 2 is 1.67 bits per heavy atom. The number of carbonyl (C=O) groups excluding carboxylic acids is 1. The van der Waals surface area contributed by atoms with Crippen molar-refractivity contribution in [1.82, 2.24) is 4.98 Å². The van der Waals surface area contributed by atoms with Crippen LogP contribution in [-0.2, 0) is 11.2 Å². The Kier molecular flexibility index (Phi) is 7.67. The van der Waals surface area contributed by atoms with E-state index in [0.717, 1.165) is 6.42 Å². The molecule has 0 bridgehead atoms. The van der Waals surface area contributed by atoms with Crippen molar-refractivity contribution in [1.29, 1.82) is 0 Å². The van der Waals surface area contributed by atoms with Gasteiger partial charge in [-0.2, -0.15) is 0 Å². The van der Waals surface area contributed by atoms with Crippen LogP contribution in [0.4, 0.5) is 11.4 Å². The number of aromatic nitrogens is 1. The third kappa shape index (κ3) is 5.50. The predicted molar refractivity (Wildman–Crippen MR) is 125 cm³/mol. The van der Waals surface area contributed by atoms with Gasteiger partial charge >= 0.3 is 11.9 Å². The van der Waals surface area contributed by atoms with Crippen LogP contribution in [0.1, 0.15) is 29.3 Å². The summed E-state index contributed by atoms with van der Waals surface area (Å²) < 4.78 is 5.27. The van der Waals surface area contributed by atoms with Gasteiger partial charge in [0.2, 0.25) is 0 Å². The van der Waals surface area contributed by atoms with Gasteiger partial charge in [0.25, 0.3) is 10.9 Å². The van der Waals surface area contributed by atoms with Crippen molar-refractivity contribution >= 4 is 46.5 Å². The van der Waals surface area contributed by atoms with E-state index in [2.05, 4.69) is 15.6 Å². The molecule has 11 heteroatoms. The molecule has 3 aromatic rings. The number of nitrogens with zero attached hydrogens (tertiary/aromatic N) is 1. The monoisotopic (exact) mass is 491 g/mol. The number of hydrogen-bond acceptors (Lipinski definition) is 8. The van der Waals surface area contributed by atoms with E-state index in [4.69, 9.17) is 27.9 Å². The van der Waals surface area contributed by atoms with Gasteiger partial charge in [0.15, 0.2) is 0 Å². The van der Waals surface area contributed by atoms with Gasteiger partial charge in [-0.05, 0) is 24.1 Å². The Labute approximate surface area is 198 Å². The zero-order valence-corrected chi connectivity index (χ0v) is 18.9. The fraction of sp³-hybridized carbons (Fsp3) is 0.227. The quantitative estimate of drug-likeness (QED) is 0.222. The van der Waals surface area contributed by atoms with Gasteiger partial charge in [0, 0.05) is 25.4 Å². The first kappa shape index (κ1) is 24.2. The van der Waals surface area contributed by atoms with Crippen LogP contribution in [0.25, 0.3) is 0 Å². The van der Waals surface area contributed by atoms with Crippen LogP contribution in [0.5, 0.6) is 5.75 Å². The normalized spacial score (nSPS) is 11.7. The van der Waals surface area contributed by atoms with Crippen molar-refractivity contribution in [2.75, 3.05) is 17.2 Å². The summed E-state index contributed by atoms with van der Waals surface area (Å²) in [5.74, 6) is -1.76. The van der Waals surface area contributed by atoms with Crippen LogP contribution in [-0.4, -0.2) is 34.6 Å². The van der Waals surface area contributed by atoms with Gasteiger partial charge in [0.05, 0.1) is 10.0 Å². The van der Waals surface area contributed by atoms with Crippen molar-refractivity contribution in [3.05, 3.63) is 78.3 Å². The Morgan fingerprint density at radius 1 is 1.06 bits per heavy atom. The van der Waals surface area contributed by atoms with Crippen molar-refractivity contribution in [3.63, 3.8) is 0 Å². The number of benzene rings is 1. The summed E-state index contributed by atoms with van der Waals surface area (Å²) in [6.45, 7) is 2.38.